The van der Waals surface area contributed by atoms with Crippen molar-refractivity contribution in [3.63, 3.8) is 0 Å². The lowest BCUT2D eigenvalue weighted by Gasteiger charge is -2.18. The first-order valence-corrected chi connectivity index (χ1v) is 16.9. The highest BCUT2D eigenvalue weighted by Gasteiger charge is 2.22. The van der Waals surface area contributed by atoms with Gasteiger partial charge in [-0.25, -0.2) is 9.59 Å². The largest absolute Gasteiger partial charge is 0.491 e. The highest BCUT2D eigenvalue weighted by Crippen LogP contribution is 2.30. The number of carbonyl (C=O) groups excluding carboxylic acids is 2. The van der Waals surface area contributed by atoms with Crippen LogP contribution in [0, 0.1) is 41.5 Å². The van der Waals surface area contributed by atoms with Crippen LogP contribution in [-0.2, 0) is 4.84 Å². The molecule has 0 spiro atoms. The molecule has 0 aromatic heterocycles. The number of hydroxylamine groups is 1. The molecule has 4 amide bonds. The third-order valence-electron chi connectivity index (χ3n) is 8.80. The Bertz CT molecular complexity index is 1740. The third-order valence-corrected chi connectivity index (χ3v) is 8.80. The van der Waals surface area contributed by atoms with Gasteiger partial charge in [-0.05, 0) is 68.5 Å². The molecule has 12 heteroatoms. The van der Waals surface area contributed by atoms with Gasteiger partial charge in [-0.2, -0.15) is 0 Å². The number of amides is 4. The monoisotopic (exact) mass is 688 g/mol. The Morgan fingerprint density at radius 2 is 1.20 bits per heavy atom. The van der Waals surface area contributed by atoms with Crippen LogP contribution in [0.25, 0.3) is 0 Å². The van der Waals surface area contributed by atoms with E-state index in [0.29, 0.717) is 39.4 Å². The van der Waals surface area contributed by atoms with Crippen molar-refractivity contribution >= 4 is 30.2 Å². The van der Waals surface area contributed by atoms with Crippen LogP contribution >= 0.6 is 0 Å². The molecule has 5 rings (SSSR count). The van der Waals surface area contributed by atoms with Crippen LogP contribution < -0.4 is 20.1 Å². The first-order chi connectivity index (χ1) is 23.9. The second kappa shape index (κ2) is 17.4. The number of para-hydroxylation sites is 1. The van der Waals surface area contributed by atoms with Gasteiger partial charge in [0.25, 0.3) is 5.69 Å². The van der Waals surface area contributed by atoms with Gasteiger partial charge in [-0.15, -0.1) is 0 Å². The van der Waals surface area contributed by atoms with E-state index in [0.717, 1.165) is 79.5 Å². The summed E-state index contributed by atoms with van der Waals surface area (Å²) < 4.78 is 14.8. The van der Waals surface area contributed by atoms with E-state index in [9.17, 15) is 14.8 Å². The smallest absolute Gasteiger partial charge is 0.317 e. The fraction of sp³-hybridized carbons (Fsp3) is 0.421. The van der Waals surface area contributed by atoms with Gasteiger partial charge < -0.3 is 29.9 Å². The van der Waals surface area contributed by atoms with Crippen molar-refractivity contribution in [1.29, 1.82) is 0 Å². The molecule has 2 fully saturated rings. The van der Waals surface area contributed by atoms with Crippen LogP contribution in [0.5, 0.6) is 11.5 Å². The third kappa shape index (κ3) is 9.46. The molecule has 12 nitrogen and oxygen atoms in total. The number of benzene rings is 3. The Kier molecular flexibility index (Phi) is 13.1. The summed E-state index contributed by atoms with van der Waals surface area (Å²) in [6.45, 7) is 17.1. The van der Waals surface area contributed by atoms with Crippen molar-refractivity contribution in [2.45, 2.75) is 41.5 Å². The summed E-state index contributed by atoms with van der Waals surface area (Å²) in [7, 11) is 3.23. The molecule has 3 aromatic carbocycles. The Hall–Kier alpha value is -5.26. The van der Waals surface area contributed by atoms with Gasteiger partial charge in [-0.3, -0.25) is 10.0 Å². The molecule has 268 valence electrons. The SMILES string of the molecule is CO[N+](=Cc1c(C)cc(C)c(OCCN2CCNC2=O)c1C)c1ccccc1.Cc1cc(C)c(OCCN2CCNC2=O)c(C)c1C=[N+](C)O. The maximum Gasteiger partial charge on any atom is 0.317 e. The molecule has 50 heavy (non-hydrogen) atoms. The van der Waals surface area contributed by atoms with Gasteiger partial charge >= 0.3 is 12.1 Å². The van der Waals surface area contributed by atoms with Gasteiger partial charge in [0, 0.05) is 54.2 Å². The highest BCUT2D eigenvalue weighted by atomic mass is 16.7. The number of aryl methyl sites for hydroxylation is 4. The van der Waals surface area contributed by atoms with Gasteiger partial charge in [-0.1, -0.05) is 30.3 Å². The fourth-order valence-corrected chi connectivity index (χ4v) is 6.28. The lowest BCUT2D eigenvalue weighted by molar-refractivity contribution is -0.751. The normalized spacial score (nSPS) is 14.6. The molecule has 0 aliphatic carbocycles. The first kappa shape index (κ1) is 37.6. The topological polar surface area (TPSA) is 119 Å². The molecule has 2 aliphatic heterocycles. The summed E-state index contributed by atoms with van der Waals surface area (Å²) in [4.78, 5) is 32.2. The number of carbonyl (C=O) groups is 2. The first-order valence-electron chi connectivity index (χ1n) is 16.9. The van der Waals surface area contributed by atoms with Crippen molar-refractivity contribution in [3.05, 3.63) is 87.0 Å². The maximum absolute atomic E-state index is 11.7. The number of nitrogens with one attached hydrogen (secondary N) is 2. The molecule has 2 aliphatic rings. The van der Waals surface area contributed by atoms with E-state index in [4.69, 9.17) is 14.3 Å². The minimum atomic E-state index is -0.0307. The summed E-state index contributed by atoms with van der Waals surface area (Å²) in [5.41, 5.74) is 9.38. The Morgan fingerprint density at radius 1 is 0.740 bits per heavy atom. The van der Waals surface area contributed by atoms with E-state index >= 15 is 0 Å². The second-order valence-corrected chi connectivity index (χ2v) is 12.6. The summed E-state index contributed by atoms with van der Waals surface area (Å²) in [5, 5.41) is 15.0. The molecular weight excluding hydrogens is 636 g/mol. The van der Waals surface area contributed by atoms with Crippen LogP contribution in [0.15, 0.2) is 42.5 Å². The van der Waals surface area contributed by atoms with E-state index in [1.165, 1.54) is 0 Å². The molecule has 0 bridgehead atoms. The molecule has 0 atom stereocenters. The summed E-state index contributed by atoms with van der Waals surface area (Å²) >= 11 is 0. The van der Waals surface area contributed by atoms with Gasteiger partial charge in [0.05, 0.1) is 24.2 Å². The van der Waals surface area contributed by atoms with E-state index in [1.54, 1.807) is 34.9 Å². The second-order valence-electron chi connectivity index (χ2n) is 12.6. The van der Waals surface area contributed by atoms with Crippen LogP contribution in [0.1, 0.15) is 44.5 Å². The summed E-state index contributed by atoms with van der Waals surface area (Å²) in [6.07, 6.45) is 3.66. The summed E-state index contributed by atoms with van der Waals surface area (Å²) in [5.74, 6) is 1.68. The molecule has 0 saturated carbocycles. The molecule has 0 unspecified atom stereocenters. The van der Waals surface area contributed by atoms with Crippen LogP contribution in [0.2, 0.25) is 0 Å². The average Bonchev–Trinajstić information content (AvgIpc) is 3.69. The lowest BCUT2D eigenvalue weighted by atomic mass is 9.99. The highest BCUT2D eigenvalue weighted by molar-refractivity contribution is 5.83. The van der Waals surface area contributed by atoms with Crippen molar-refractivity contribution < 1.29 is 38.6 Å². The van der Waals surface area contributed by atoms with E-state index in [-0.39, 0.29) is 12.1 Å². The van der Waals surface area contributed by atoms with Crippen molar-refractivity contribution in [3.8, 4) is 11.5 Å². The molecule has 3 N–H and O–H groups in total. The van der Waals surface area contributed by atoms with E-state index in [1.807, 2.05) is 70.3 Å². The number of nitrogens with zero attached hydrogens (tertiary/aromatic N) is 4. The quantitative estimate of drug-likeness (QED) is 0.109. The predicted octanol–water partition coefficient (Wildman–Crippen LogP) is 4.81. The zero-order valence-corrected chi connectivity index (χ0v) is 30.6. The predicted molar refractivity (Wildman–Crippen MR) is 194 cm³/mol. The van der Waals surface area contributed by atoms with Crippen LogP contribution in [-0.4, -0.2) is 116 Å². The minimum absolute atomic E-state index is 0.0198. The van der Waals surface area contributed by atoms with E-state index < -0.39 is 0 Å². The minimum Gasteiger partial charge on any atom is -0.491 e. The van der Waals surface area contributed by atoms with Crippen LogP contribution in [0.4, 0.5) is 15.3 Å². The van der Waals surface area contributed by atoms with Gasteiger partial charge in [0.2, 0.25) is 12.4 Å². The van der Waals surface area contributed by atoms with Crippen molar-refractivity contribution in [1.82, 2.24) is 20.4 Å². The number of urea groups is 2. The Balaban J connectivity index is 0.000000232. The number of hydrogen-bond donors (Lipinski definition) is 3. The van der Waals surface area contributed by atoms with Crippen molar-refractivity contribution in [2.24, 2.45) is 0 Å². The molecular formula is C38H52N6O6+2. The fourth-order valence-electron chi connectivity index (χ4n) is 6.28. The number of rotatable bonds is 12. The zero-order chi connectivity index (χ0) is 36.4. The number of hydrogen-bond acceptors (Lipinski definition) is 6. The van der Waals surface area contributed by atoms with Crippen LogP contribution in [0.3, 0.4) is 0 Å². The average molecular weight is 689 g/mol. The lowest BCUT2D eigenvalue weighted by Crippen LogP contribution is -2.32. The summed E-state index contributed by atoms with van der Waals surface area (Å²) in [6, 6.07) is 14.0. The maximum atomic E-state index is 11.7. The van der Waals surface area contributed by atoms with Gasteiger partial charge in [0.1, 0.15) is 31.8 Å². The Labute approximate surface area is 295 Å². The molecule has 2 heterocycles. The molecule has 0 radical (unpaired) electrons. The Morgan fingerprint density at radius 3 is 1.60 bits per heavy atom. The van der Waals surface area contributed by atoms with E-state index in [2.05, 4.69) is 30.5 Å². The molecule has 3 aromatic rings. The standard InChI is InChI=1S/C22H27N3O3.C16H23N3O3/c1-16-14-17(2)21(28-13-12-24-11-10-23-22(24)26)18(3)20(16)15-25(27-4)19-8-6-5-7-9-19;1-11-9-12(2)15(13(3)14(11)10-18(4)21)22-8-7-19-6-5-17-16(19)20/h5-9,14-15H,10-13H2,1-4H3;9-10H,5-8H2,1-4H3,(H-,17,20,21)/p+2. The number of ether oxygens (including phenoxy) is 2. The van der Waals surface area contributed by atoms with Crippen molar-refractivity contribution in [2.75, 3.05) is 66.6 Å². The van der Waals surface area contributed by atoms with Gasteiger partial charge in [0.15, 0.2) is 7.05 Å². The zero-order valence-electron chi connectivity index (χ0n) is 30.6. The molecule has 2 saturated heterocycles.